The van der Waals surface area contributed by atoms with E-state index in [0.717, 1.165) is 62.8 Å². The van der Waals surface area contributed by atoms with Crippen LogP contribution in [0.2, 0.25) is 0 Å². The van der Waals surface area contributed by atoms with Gasteiger partial charge in [0.1, 0.15) is 28.4 Å². The van der Waals surface area contributed by atoms with Gasteiger partial charge in [0.15, 0.2) is 0 Å². The van der Waals surface area contributed by atoms with Crippen LogP contribution in [-0.4, -0.2) is 34.6 Å². The Morgan fingerprint density at radius 2 is 1.84 bits per heavy atom. The topological polar surface area (TPSA) is 51.1 Å². The molecule has 0 aliphatic carbocycles. The zero-order chi connectivity index (χ0) is 21.0. The first-order valence-electron chi connectivity index (χ1n) is 11.1. The molecule has 158 valence electrons. The molecule has 1 saturated heterocycles. The Morgan fingerprint density at radius 1 is 1.03 bits per heavy atom. The molecule has 3 aromatic heterocycles. The van der Waals surface area contributed by atoms with Crippen LogP contribution in [0.25, 0.3) is 31.7 Å². The monoisotopic (exact) mass is 430 g/mol. The second-order valence-electron chi connectivity index (χ2n) is 9.47. The first kappa shape index (κ1) is 19.0. The Hall–Kier alpha value is -2.73. The van der Waals surface area contributed by atoms with E-state index in [0.29, 0.717) is 6.61 Å². The van der Waals surface area contributed by atoms with Crippen molar-refractivity contribution in [2.24, 2.45) is 5.41 Å². The summed E-state index contributed by atoms with van der Waals surface area (Å²) in [5.41, 5.74) is 4.39. The van der Waals surface area contributed by atoms with Crippen molar-refractivity contribution in [1.82, 2.24) is 15.0 Å². The van der Waals surface area contributed by atoms with Gasteiger partial charge in [-0.1, -0.05) is 44.2 Å². The lowest BCUT2D eigenvalue weighted by atomic mass is 9.83. The van der Waals surface area contributed by atoms with Gasteiger partial charge >= 0.3 is 0 Å². The van der Waals surface area contributed by atoms with Crippen molar-refractivity contribution in [3.63, 3.8) is 0 Å². The minimum Gasteiger partial charge on any atom is -0.490 e. The fraction of sp³-hybridized carbons (Fsp3) is 0.400. The highest BCUT2D eigenvalue weighted by molar-refractivity contribution is 7.26. The number of benzene rings is 1. The van der Waals surface area contributed by atoms with Crippen molar-refractivity contribution in [3.05, 3.63) is 42.2 Å². The molecule has 6 heteroatoms. The number of piperidine rings is 1. The van der Waals surface area contributed by atoms with Gasteiger partial charge in [0, 0.05) is 35.0 Å². The molecule has 5 nitrogen and oxygen atoms in total. The first-order chi connectivity index (χ1) is 15.1. The van der Waals surface area contributed by atoms with Crippen LogP contribution in [0.15, 0.2) is 36.7 Å². The highest BCUT2D eigenvalue weighted by Gasteiger charge is 2.33. The summed E-state index contributed by atoms with van der Waals surface area (Å²) in [6, 6.07) is 10.4. The van der Waals surface area contributed by atoms with Gasteiger partial charge in [-0.05, 0) is 25.7 Å². The fourth-order valence-electron chi connectivity index (χ4n) is 4.89. The number of hydrogen-bond acceptors (Lipinski definition) is 6. The van der Waals surface area contributed by atoms with E-state index in [2.05, 4.69) is 43.0 Å². The minimum atomic E-state index is 0.0756. The van der Waals surface area contributed by atoms with Crippen molar-refractivity contribution in [2.75, 3.05) is 24.6 Å². The van der Waals surface area contributed by atoms with Crippen LogP contribution in [0.5, 0.6) is 5.75 Å². The highest BCUT2D eigenvalue weighted by Crippen LogP contribution is 2.48. The maximum absolute atomic E-state index is 6.39. The lowest BCUT2D eigenvalue weighted by molar-refractivity contribution is 0.156. The second kappa shape index (κ2) is 7.16. The molecule has 0 radical (unpaired) electrons. The molecule has 2 aliphatic heterocycles. The summed E-state index contributed by atoms with van der Waals surface area (Å²) in [5, 5.41) is 1.16. The summed E-state index contributed by atoms with van der Waals surface area (Å²) in [4.78, 5) is 18.1. The molecule has 1 fully saturated rings. The molecule has 0 spiro atoms. The van der Waals surface area contributed by atoms with Gasteiger partial charge in [-0.3, -0.25) is 0 Å². The predicted molar refractivity (Wildman–Crippen MR) is 127 cm³/mol. The zero-order valence-corrected chi connectivity index (χ0v) is 18.8. The summed E-state index contributed by atoms with van der Waals surface area (Å²) < 4.78 is 7.54. The molecule has 0 bridgehead atoms. The normalized spacial score (nSPS) is 18.2. The standard InChI is InChI=1S/C25H26N4OS/c1-25(2)13-17-18-20-22(23(27-15-26-20)29-11-7-4-8-12-29)31-24(18)28-19(21(17)30-14-25)16-9-5-3-6-10-16/h3,5-6,9-10,15H,4,7-8,11-14H2,1-2H3. The third-order valence-corrected chi connectivity index (χ3v) is 7.47. The third-order valence-electron chi connectivity index (χ3n) is 6.40. The Balaban J connectivity index is 1.64. The number of pyridine rings is 1. The molecule has 0 unspecified atom stereocenters. The number of rotatable bonds is 2. The van der Waals surface area contributed by atoms with Crippen molar-refractivity contribution >= 4 is 37.6 Å². The van der Waals surface area contributed by atoms with E-state index < -0.39 is 0 Å². The smallest absolute Gasteiger partial charge is 0.150 e. The second-order valence-corrected chi connectivity index (χ2v) is 10.5. The first-order valence-corrected chi connectivity index (χ1v) is 12.0. The number of ether oxygens (including phenoxy) is 1. The van der Waals surface area contributed by atoms with Gasteiger partial charge in [-0.25, -0.2) is 15.0 Å². The Labute approximate surface area is 186 Å². The van der Waals surface area contributed by atoms with Gasteiger partial charge in [-0.2, -0.15) is 0 Å². The zero-order valence-electron chi connectivity index (χ0n) is 18.0. The van der Waals surface area contributed by atoms with Crippen LogP contribution in [0, 0.1) is 5.41 Å². The van der Waals surface area contributed by atoms with Crippen LogP contribution in [-0.2, 0) is 6.42 Å². The van der Waals surface area contributed by atoms with Gasteiger partial charge in [0.25, 0.3) is 0 Å². The number of fused-ring (bicyclic) bond motifs is 5. The predicted octanol–water partition coefficient (Wildman–Crippen LogP) is 5.86. The maximum Gasteiger partial charge on any atom is 0.150 e. The maximum atomic E-state index is 6.39. The molecule has 6 rings (SSSR count). The molecule has 0 saturated carbocycles. The Kier molecular flexibility index (Phi) is 4.39. The van der Waals surface area contributed by atoms with Crippen LogP contribution in [0.4, 0.5) is 5.82 Å². The average Bonchev–Trinajstić information content (AvgIpc) is 3.18. The molecule has 4 aromatic rings. The number of thiophene rings is 1. The van der Waals surface area contributed by atoms with Gasteiger partial charge in [0.05, 0.1) is 16.8 Å². The van der Waals surface area contributed by atoms with E-state index in [1.807, 2.05) is 6.07 Å². The summed E-state index contributed by atoms with van der Waals surface area (Å²) >= 11 is 1.73. The largest absolute Gasteiger partial charge is 0.490 e. The van der Waals surface area contributed by atoms with Crippen LogP contribution < -0.4 is 9.64 Å². The fourth-order valence-corrected chi connectivity index (χ4v) is 6.07. The molecule has 0 N–H and O–H groups in total. The molecule has 2 aliphatic rings. The lowest BCUT2D eigenvalue weighted by Crippen LogP contribution is -2.30. The van der Waals surface area contributed by atoms with Crippen molar-refractivity contribution in [1.29, 1.82) is 0 Å². The van der Waals surface area contributed by atoms with Crippen LogP contribution in [0.1, 0.15) is 38.7 Å². The molecule has 31 heavy (non-hydrogen) atoms. The summed E-state index contributed by atoms with van der Waals surface area (Å²) in [7, 11) is 0. The van der Waals surface area contributed by atoms with E-state index in [9.17, 15) is 0 Å². The quantitative estimate of drug-likeness (QED) is 0.399. The third kappa shape index (κ3) is 3.16. The molecule has 1 aromatic carbocycles. The molecule has 0 amide bonds. The van der Waals surface area contributed by atoms with E-state index in [4.69, 9.17) is 19.7 Å². The van der Waals surface area contributed by atoms with Crippen LogP contribution in [0.3, 0.4) is 0 Å². The van der Waals surface area contributed by atoms with Crippen molar-refractivity contribution < 1.29 is 4.74 Å². The minimum absolute atomic E-state index is 0.0756. The van der Waals surface area contributed by atoms with E-state index in [1.54, 1.807) is 17.7 Å². The Bertz CT molecular complexity index is 1280. The van der Waals surface area contributed by atoms with Gasteiger partial charge < -0.3 is 9.64 Å². The number of anilines is 1. The molecular weight excluding hydrogens is 404 g/mol. The molecular formula is C25H26N4OS. The summed E-state index contributed by atoms with van der Waals surface area (Å²) in [6.45, 7) is 7.37. The number of hydrogen-bond donors (Lipinski definition) is 0. The summed E-state index contributed by atoms with van der Waals surface area (Å²) in [5.74, 6) is 1.99. The highest BCUT2D eigenvalue weighted by atomic mass is 32.1. The van der Waals surface area contributed by atoms with Gasteiger partial charge in [0.2, 0.25) is 0 Å². The van der Waals surface area contributed by atoms with E-state index >= 15 is 0 Å². The SMILES string of the molecule is CC1(C)COc2c(-c3ccccc3)nc3sc4c(N5CCCCC5)ncnc4c3c2C1. The van der Waals surface area contributed by atoms with Crippen molar-refractivity contribution in [2.45, 2.75) is 39.5 Å². The number of aromatic nitrogens is 3. The van der Waals surface area contributed by atoms with E-state index in [1.165, 1.54) is 24.8 Å². The summed E-state index contributed by atoms with van der Waals surface area (Å²) in [6.07, 6.45) is 6.44. The van der Waals surface area contributed by atoms with Gasteiger partial charge in [-0.15, -0.1) is 11.3 Å². The molecule has 5 heterocycles. The van der Waals surface area contributed by atoms with Crippen LogP contribution >= 0.6 is 11.3 Å². The lowest BCUT2D eigenvalue weighted by Gasteiger charge is -2.32. The average molecular weight is 431 g/mol. The Morgan fingerprint density at radius 3 is 2.65 bits per heavy atom. The molecule has 0 atom stereocenters. The number of nitrogens with zero attached hydrogens (tertiary/aromatic N) is 4. The van der Waals surface area contributed by atoms with Crippen molar-refractivity contribution in [3.8, 4) is 17.0 Å². The van der Waals surface area contributed by atoms with E-state index in [-0.39, 0.29) is 5.41 Å².